The molecule has 0 radical (unpaired) electrons. The van der Waals surface area contributed by atoms with Crippen LogP contribution in [0.15, 0.2) is 18.2 Å². The molecule has 0 aromatic heterocycles. The zero-order chi connectivity index (χ0) is 15.1. The molecule has 0 spiro atoms. The van der Waals surface area contributed by atoms with Crippen molar-refractivity contribution in [3.05, 3.63) is 28.3 Å². The van der Waals surface area contributed by atoms with Gasteiger partial charge in [-0.3, -0.25) is 10.1 Å². The highest BCUT2D eigenvalue weighted by molar-refractivity contribution is 5.74. The standard InChI is InChI=1S/C12H16N2O6/c1-3-20-9-6-4-5-8(11(9)14(17)18)13-7-10(19-2)12(15)16/h4-6,10,13H,3,7H2,1-2H3,(H,15,16). The molecule has 110 valence electrons. The van der Waals surface area contributed by atoms with Gasteiger partial charge in [0.15, 0.2) is 11.9 Å². The maximum Gasteiger partial charge on any atom is 0.334 e. The number of nitrogens with one attached hydrogen (secondary N) is 1. The number of aliphatic carboxylic acids is 1. The first-order valence-corrected chi connectivity index (χ1v) is 5.90. The Labute approximate surface area is 115 Å². The first kappa shape index (κ1) is 15.7. The lowest BCUT2D eigenvalue weighted by atomic mass is 10.2. The van der Waals surface area contributed by atoms with E-state index in [1.165, 1.54) is 19.2 Å². The largest absolute Gasteiger partial charge is 0.487 e. The second kappa shape index (κ2) is 7.29. The molecule has 0 amide bonds. The van der Waals surface area contributed by atoms with Crippen molar-refractivity contribution >= 4 is 17.3 Å². The van der Waals surface area contributed by atoms with Crippen LogP contribution in [0.3, 0.4) is 0 Å². The Kier molecular flexibility index (Phi) is 5.73. The lowest BCUT2D eigenvalue weighted by Crippen LogP contribution is -2.30. The van der Waals surface area contributed by atoms with E-state index in [1.54, 1.807) is 13.0 Å². The number of nitro benzene ring substituents is 1. The van der Waals surface area contributed by atoms with Crippen LogP contribution in [0.1, 0.15) is 6.92 Å². The first-order chi connectivity index (χ1) is 9.51. The van der Waals surface area contributed by atoms with Gasteiger partial charge in [0, 0.05) is 7.11 Å². The molecule has 20 heavy (non-hydrogen) atoms. The minimum atomic E-state index is -1.15. The van der Waals surface area contributed by atoms with Crippen molar-refractivity contribution in [3.63, 3.8) is 0 Å². The van der Waals surface area contributed by atoms with Crippen LogP contribution in [0.4, 0.5) is 11.4 Å². The van der Waals surface area contributed by atoms with E-state index < -0.39 is 17.0 Å². The van der Waals surface area contributed by atoms with Gasteiger partial charge in [-0.05, 0) is 19.1 Å². The zero-order valence-electron chi connectivity index (χ0n) is 11.2. The number of ether oxygens (including phenoxy) is 2. The summed E-state index contributed by atoms with van der Waals surface area (Å²) in [6.07, 6.45) is -1.09. The van der Waals surface area contributed by atoms with Gasteiger partial charge < -0.3 is 19.9 Å². The van der Waals surface area contributed by atoms with Gasteiger partial charge in [-0.2, -0.15) is 0 Å². The highest BCUT2D eigenvalue weighted by Gasteiger charge is 2.23. The third kappa shape index (κ3) is 3.82. The van der Waals surface area contributed by atoms with Gasteiger partial charge in [-0.1, -0.05) is 6.07 Å². The molecule has 1 aromatic rings. The molecule has 1 aromatic carbocycles. The van der Waals surface area contributed by atoms with Crippen LogP contribution in [0.5, 0.6) is 5.75 Å². The fourth-order valence-electron chi connectivity index (χ4n) is 1.60. The van der Waals surface area contributed by atoms with Crippen LogP contribution < -0.4 is 10.1 Å². The van der Waals surface area contributed by atoms with Crippen molar-refractivity contribution in [2.45, 2.75) is 13.0 Å². The molecule has 0 saturated heterocycles. The third-order valence-electron chi connectivity index (χ3n) is 2.52. The van der Waals surface area contributed by atoms with Crippen molar-refractivity contribution in [2.75, 3.05) is 25.6 Å². The lowest BCUT2D eigenvalue weighted by molar-refractivity contribution is -0.384. The summed E-state index contributed by atoms with van der Waals surface area (Å²) < 4.78 is 9.94. The van der Waals surface area contributed by atoms with Gasteiger partial charge in [0.25, 0.3) is 0 Å². The summed E-state index contributed by atoms with van der Waals surface area (Å²) >= 11 is 0. The fraction of sp³-hybridized carbons (Fsp3) is 0.417. The number of carbonyl (C=O) groups is 1. The topological polar surface area (TPSA) is 111 Å². The normalized spacial score (nSPS) is 11.7. The second-order valence-electron chi connectivity index (χ2n) is 3.79. The van der Waals surface area contributed by atoms with Crippen LogP contribution in [-0.2, 0) is 9.53 Å². The van der Waals surface area contributed by atoms with Crippen LogP contribution in [0.25, 0.3) is 0 Å². The third-order valence-corrected chi connectivity index (χ3v) is 2.52. The summed E-state index contributed by atoms with van der Waals surface area (Å²) in [5.74, 6) is -1.02. The Morgan fingerprint density at radius 2 is 2.25 bits per heavy atom. The predicted octanol–water partition coefficient (Wildman–Crippen LogP) is 1.50. The van der Waals surface area contributed by atoms with Crippen LogP contribution in [0.2, 0.25) is 0 Å². The summed E-state index contributed by atoms with van der Waals surface area (Å²) in [5, 5.41) is 22.6. The minimum Gasteiger partial charge on any atom is -0.487 e. The molecule has 1 atom stereocenters. The van der Waals surface area contributed by atoms with E-state index in [4.69, 9.17) is 14.6 Å². The summed E-state index contributed by atoms with van der Waals surface area (Å²) in [7, 11) is 1.26. The van der Waals surface area contributed by atoms with Gasteiger partial charge in [0.2, 0.25) is 0 Å². The molecule has 8 heteroatoms. The van der Waals surface area contributed by atoms with Gasteiger partial charge in [-0.15, -0.1) is 0 Å². The van der Waals surface area contributed by atoms with Crippen LogP contribution in [0, 0.1) is 10.1 Å². The van der Waals surface area contributed by atoms with Gasteiger partial charge in [0.05, 0.1) is 18.1 Å². The van der Waals surface area contributed by atoms with Crippen LogP contribution >= 0.6 is 0 Å². The molecule has 0 aliphatic heterocycles. The number of rotatable bonds is 8. The molecule has 1 unspecified atom stereocenters. The number of hydrogen-bond acceptors (Lipinski definition) is 6. The van der Waals surface area contributed by atoms with E-state index in [1.807, 2.05) is 0 Å². The van der Waals surface area contributed by atoms with E-state index in [0.717, 1.165) is 0 Å². The smallest absolute Gasteiger partial charge is 0.334 e. The number of anilines is 1. The quantitative estimate of drug-likeness (QED) is 0.549. The number of carboxylic acids is 1. The van der Waals surface area contributed by atoms with Crippen molar-refractivity contribution in [1.29, 1.82) is 0 Å². The molecule has 0 saturated carbocycles. The van der Waals surface area contributed by atoms with Crippen molar-refractivity contribution in [2.24, 2.45) is 0 Å². The van der Waals surface area contributed by atoms with E-state index in [0.29, 0.717) is 6.61 Å². The van der Waals surface area contributed by atoms with Crippen LogP contribution in [-0.4, -0.2) is 42.4 Å². The number of para-hydroxylation sites is 1. The highest BCUT2D eigenvalue weighted by Crippen LogP contribution is 2.34. The Bertz CT molecular complexity index is 491. The molecule has 0 bridgehead atoms. The summed E-state index contributed by atoms with van der Waals surface area (Å²) in [4.78, 5) is 21.3. The average Bonchev–Trinajstić information content (AvgIpc) is 2.39. The van der Waals surface area contributed by atoms with E-state index >= 15 is 0 Å². The Morgan fingerprint density at radius 3 is 2.75 bits per heavy atom. The van der Waals surface area contributed by atoms with E-state index in [2.05, 4.69) is 5.32 Å². The van der Waals surface area contributed by atoms with Crippen molar-refractivity contribution in [3.8, 4) is 5.75 Å². The summed E-state index contributed by atoms with van der Waals surface area (Å²) in [6.45, 7) is 1.91. The molecule has 0 aliphatic carbocycles. The Morgan fingerprint density at radius 1 is 1.55 bits per heavy atom. The summed E-state index contributed by atoms with van der Waals surface area (Å²) in [5.41, 5.74) is -0.0427. The maximum absolute atomic E-state index is 11.1. The molecule has 0 heterocycles. The SMILES string of the molecule is CCOc1cccc(NCC(OC)C(=O)O)c1[N+](=O)[O-]. The summed E-state index contributed by atoms with van der Waals surface area (Å²) in [6, 6.07) is 4.55. The van der Waals surface area contributed by atoms with Gasteiger partial charge in [0.1, 0.15) is 5.69 Å². The fourth-order valence-corrected chi connectivity index (χ4v) is 1.60. The highest BCUT2D eigenvalue weighted by atomic mass is 16.6. The molecular weight excluding hydrogens is 268 g/mol. The van der Waals surface area contributed by atoms with Gasteiger partial charge in [-0.25, -0.2) is 4.79 Å². The average molecular weight is 284 g/mol. The molecule has 8 nitrogen and oxygen atoms in total. The monoisotopic (exact) mass is 284 g/mol. The molecule has 0 aliphatic rings. The number of nitrogens with zero attached hydrogens (tertiary/aromatic N) is 1. The van der Waals surface area contributed by atoms with E-state index in [9.17, 15) is 14.9 Å². The van der Waals surface area contributed by atoms with Crippen molar-refractivity contribution in [1.82, 2.24) is 0 Å². The Balaban J connectivity index is 2.97. The number of carboxylic acid groups (broad SMARTS) is 1. The number of hydrogen-bond donors (Lipinski definition) is 2. The van der Waals surface area contributed by atoms with Gasteiger partial charge >= 0.3 is 11.7 Å². The number of nitro groups is 1. The molecular formula is C12H16N2O6. The second-order valence-corrected chi connectivity index (χ2v) is 3.79. The van der Waals surface area contributed by atoms with E-state index in [-0.39, 0.29) is 23.7 Å². The maximum atomic E-state index is 11.1. The Hall–Kier alpha value is -2.35. The predicted molar refractivity (Wildman–Crippen MR) is 71.2 cm³/mol. The zero-order valence-corrected chi connectivity index (χ0v) is 11.2. The molecule has 2 N–H and O–H groups in total. The first-order valence-electron chi connectivity index (χ1n) is 5.90. The lowest BCUT2D eigenvalue weighted by Gasteiger charge is -2.13. The number of methoxy groups -OCH3 is 1. The molecule has 0 fully saturated rings. The van der Waals surface area contributed by atoms with Crippen molar-refractivity contribution < 1.29 is 24.3 Å². The minimum absolute atomic E-state index is 0.0950. The number of benzene rings is 1. The molecule has 1 rings (SSSR count).